The molecule has 2 rings (SSSR count). The van der Waals surface area contributed by atoms with Crippen molar-refractivity contribution in [1.82, 2.24) is 20.9 Å². The fourth-order valence-electron chi connectivity index (χ4n) is 4.99. The normalized spacial score (nSPS) is 12.8. The molecular weight excluding hydrogens is 590 g/mol. The Labute approximate surface area is 270 Å². The topological polar surface area (TPSA) is 275 Å². The number of guanidine groups is 2. The predicted octanol–water partition coefficient (Wildman–Crippen LogP) is 0.118. The molecule has 1 heterocycles. The number of amides is 4. The molecule has 3 atom stereocenters. The summed E-state index contributed by atoms with van der Waals surface area (Å²) in [7, 11) is 0. The minimum absolute atomic E-state index is 0.0889. The van der Waals surface area contributed by atoms with Crippen molar-refractivity contribution in [1.29, 1.82) is 0 Å². The quantitative estimate of drug-likeness (QED) is 0.0482. The highest BCUT2D eigenvalue weighted by molar-refractivity contribution is 5.94. The Morgan fingerprint density at radius 2 is 1.33 bits per heavy atom. The molecule has 0 saturated carbocycles. The second-order valence-corrected chi connectivity index (χ2v) is 11.3. The number of carbonyl (C=O) groups is 4. The number of hydrogen-bond acceptors (Lipinski definition) is 6. The van der Waals surface area contributed by atoms with Gasteiger partial charge in [0.1, 0.15) is 18.1 Å². The third-order valence-corrected chi connectivity index (χ3v) is 7.44. The summed E-state index contributed by atoms with van der Waals surface area (Å²) in [4.78, 5) is 63.4. The lowest BCUT2D eigenvalue weighted by molar-refractivity contribution is -0.133. The van der Waals surface area contributed by atoms with Gasteiger partial charge in [-0.05, 0) is 43.7 Å². The lowest BCUT2D eigenvalue weighted by Gasteiger charge is -2.25. The van der Waals surface area contributed by atoms with Crippen molar-refractivity contribution in [2.24, 2.45) is 38.7 Å². The number of hydrogen-bond donors (Lipinski definition) is 9. The summed E-state index contributed by atoms with van der Waals surface area (Å²) >= 11 is 0. The number of nitrogens with one attached hydrogen (secondary N) is 4. The Kier molecular flexibility index (Phi) is 16.5. The molecule has 0 aliphatic carbocycles. The smallest absolute Gasteiger partial charge is 0.243 e. The highest BCUT2D eigenvalue weighted by Gasteiger charge is 2.29. The van der Waals surface area contributed by atoms with Crippen molar-refractivity contribution in [2.75, 3.05) is 13.1 Å². The second-order valence-electron chi connectivity index (χ2n) is 11.3. The van der Waals surface area contributed by atoms with Crippen LogP contribution in [0, 0.1) is 0 Å². The summed E-state index contributed by atoms with van der Waals surface area (Å²) in [6.45, 7) is 2.58. The molecule has 0 aliphatic heterocycles. The lowest BCUT2D eigenvalue weighted by atomic mass is 10.0. The molecule has 0 spiro atoms. The highest BCUT2D eigenvalue weighted by atomic mass is 16.2. The number of primary amides is 1. The highest BCUT2D eigenvalue weighted by Crippen LogP contribution is 2.19. The number of nitrogens with two attached hydrogens (primary N) is 5. The first kappa shape index (κ1) is 37.4. The van der Waals surface area contributed by atoms with E-state index in [0.29, 0.717) is 19.3 Å². The van der Waals surface area contributed by atoms with Gasteiger partial charge in [0.2, 0.25) is 23.6 Å². The van der Waals surface area contributed by atoms with E-state index in [2.05, 4.69) is 37.8 Å². The van der Waals surface area contributed by atoms with Crippen LogP contribution in [-0.2, 0) is 25.6 Å². The van der Waals surface area contributed by atoms with Gasteiger partial charge in [0, 0.05) is 43.0 Å². The molecule has 2 aromatic rings. The maximum Gasteiger partial charge on any atom is 0.243 e. The molecule has 0 bridgehead atoms. The van der Waals surface area contributed by atoms with Gasteiger partial charge < -0.3 is 49.6 Å². The van der Waals surface area contributed by atoms with Gasteiger partial charge in [0.15, 0.2) is 11.9 Å². The number of benzene rings is 1. The van der Waals surface area contributed by atoms with E-state index in [1.165, 1.54) is 0 Å². The standard InChI is InChI=1S/C31H51N11O4/c1-2-3-4-5-6-15-26(43)40-25(18-20-19-39-22-12-8-7-11-21(20)22)29(46)42-24(14-10-17-38-31(35)36)28(45)41-23(27(32)44)13-9-16-37-30(33)34/h7-8,11-12,19,23-25,39H,2-6,9-10,13-18H2,1H3,(H2,32,44)(H,40,43)(H,41,45)(H,42,46)(H4,33,34,37)(H4,35,36,38)/t23-,24-,25-/m0/s1. The molecule has 4 amide bonds. The van der Waals surface area contributed by atoms with Gasteiger partial charge in [-0.2, -0.15) is 0 Å². The first-order valence-electron chi connectivity index (χ1n) is 15.9. The van der Waals surface area contributed by atoms with Crippen molar-refractivity contribution >= 4 is 46.5 Å². The van der Waals surface area contributed by atoms with E-state index in [4.69, 9.17) is 28.7 Å². The number of nitrogens with zero attached hydrogens (tertiary/aromatic N) is 2. The molecule has 15 nitrogen and oxygen atoms in total. The third-order valence-electron chi connectivity index (χ3n) is 7.44. The number of aliphatic imine (C=N–C) groups is 2. The molecule has 0 aliphatic rings. The first-order valence-corrected chi connectivity index (χ1v) is 15.9. The average Bonchev–Trinajstić information content (AvgIpc) is 3.41. The minimum Gasteiger partial charge on any atom is -0.370 e. The Morgan fingerprint density at radius 1 is 0.739 bits per heavy atom. The molecule has 0 saturated heterocycles. The summed E-state index contributed by atoms with van der Waals surface area (Å²) in [6, 6.07) is 4.59. The minimum atomic E-state index is -1.07. The zero-order chi connectivity index (χ0) is 33.9. The molecule has 0 fully saturated rings. The molecule has 46 heavy (non-hydrogen) atoms. The summed E-state index contributed by atoms with van der Waals surface area (Å²) in [5.74, 6) is -2.34. The summed E-state index contributed by atoms with van der Waals surface area (Å²) in [5, 5.41) is 9.23. The lowest BCUT2D eigenvalue weighted by Crippen LogP contribution is -2.56. The second kappa shape index (κ2) is 20.3. The van der Waals surface area contributed by atoms with Gasteiger partial charge in [-0.3, -0.25) is 29.2 Å². The van der Waals surface area contributed by atoms with Crippen molar-refractivity contribution in [3.63, 3.8) is 0 Å². The van der Waals surface area contributed by atoms with E-state index >= 15 is 0 Å². The van der Waals surface area contributed by atoms with E-state index in [0.717, 1.165) is 42.1 Å². The van der Waals surface area contributed by atoms with Crippen LogP contribution in [0.4, 0.5) is 0 Å². The maximum absolute atomic E-state index is 13.8. The monoisotopic (exact) mass is 641 g/mol. The SMILES string of the molecule is CCCCCCCC(=O)N[C@@H](Cc1c[nH]c2ccccc12)C(=O)N[C@@H](CCCN=C(N)N)C(=O)N[C@@H](CCCN=C(N)N)C(N)=O. The van der Waals surface area contributed by atoms with Crippen molar-refractivity contribution < 1.29 is 19.2 Å². The van der Waals surface area contributed by atoms with Crippen LogP contribution in [0.3, 0.4) is 0 Å². The zero-order valence-electron chi connectivity index (χ0n) is 26.7. The number of fused-ring (bicyclic) bond motifs is 1. The van der Waals surface area contributed by atoms with Crippen LogP contribution in [-0.4, -0.2) is 71.7 Å². The van der Waals surface area contributed by atoms with Crippen molar-refractivity contribution in [2.45, 2.75) is 95.7 Å². The van der Waals surface area contributed by atoms with E-state index in [9.17, 15) is 19.2 Å². The number of aromatic amines is 1. The molecular formula is C31H51N11O4. The average molecular weight is 642 g/mol. The number of rotatable bonds is 22. The number of aromatic nitrogens is 1. The van der Waals surface area contributed by atoms with Gasteiger partial charge in [-0.1, -0.05) is 50.8 Å². The van der Waals surface area contributed by atoms with Gasteiger partial charge >= 0.3 is 0 Å². The van der Waals surface area contributed by atoms with Crippen molar-refractivity contribution in [3.05, 3.63) is 36.0 Å². The van der Waals surface area contributed by atoms with Crippen LogP contribution in [0.2, 0.25) is 0 Å². The first-order chi connectivity index (χ1) is 22.0. The van der Waals surface area contributed by atoms with Crippen LogP contribution in [0.5, 0.6) is 0 Å². The third kappa shape index (κ3) is 13.9. The molecule has 0 unspecified atom stereocenters. The van der Waals surface area contributed by atoms with Gasteiger partial charge in [0.25, 0.3) is 0 Å². The van der Waals surface area contributed by atoms with Crippen LogP contribution in [0.15, 0.2) is 40.4 Å². The maximum atomic E-state index is 13.8. The number of unbranched alkanes of at least 4 members (excludes halogenated alkanes) is 4. The van der Waals surface area contributed by atoms with E-state index in [-0.39, 0.29) is 56.6 Å². The van der Waals surface area contributed by atoms with Crippen LogP contribution >= 0.6 is 0 Å². The molecule has 0 radical (unpaired) electrons. The van der Waals surface area contributed by atoms with Crippen LogP contribution < -0.4 is 44.6 Å². The fraction of sp³-hybridized carbons (Fsp3) is 0.548. The molecule has 15 heteroatoms. The Balaban J connectivity index is 2.23. The summed E-state index contributed by atoms with van der Waals surface area (Å²) in [6.07, 6.45) is 8.21. The Bertz CT molecular complexity index is 1330. The Hall–Kier alpha value is -4.82. The molecule has 254 valence electrons. The largest absolute Gasteiger partial charge is 0.370 e. The van der Waals surface area contributed by atoms with Crippen LogP contribution in [0.25, 0.3) is 10.9 Å². The number of carbonyl (C=O) groups excluding carboxylic acids is 4. The number of para-hydroxylation sites is 1. The zero-order valence-corrected chi connectivity index (χ0v) is 26.7. The molecule has 14 N–H and O–H groups in total. The van der Waals surface area contributed by atoms with E-state index in [1.807, 2.05) is 24.3 Å². The van der Waals surface area contributed by atoms with E-state index in [1.54, 1.807) is 6.20 Å². The molecule has 1 aromatic carbocycles. The van der Waals surface area contributed by atoms with Gasteiger partial charge in [0.05, 0.1) is 0 Å². The van der Waals surface area contributed by atoms with Gasteiger partial charge in [-0.25, -0.2) is 0 Å². The molecule has 1 aromatic heterocycles. The van der Waals surface area contributed by atoms with Crippen molar-refractivity contribution in [3.8, 4) is 0 Å². The van der Waals surface area contributed by atoms with E-state index < -0.39 is 35.8 Å². The predicted molar refractivity (Wildman–Crippen MR) is 180 cm³/mol. The fourth-order valence-corrected chi connectivity index (χ4v) is 4.99. The summed E-state index contributed by atoms with van der Waals surface area (Å²) < 4.78 is 0. The van der Waals surface area contributed by atoms with Crippen LogP contribution in [0.1, 0.15) is 76.7 Å². The van der Waals surface area contributed by atoms with Gasteiger partial charge in [-0.15, -0.1) is 0 Å². The summed E-state index contributed by atoms with van der Waals surface area (Å²) in [5.41, 5.74) is 28.9. The number of H-pyrrole nitrogens is 1. The Morgan fingerprint density at radius 3 is 1.96 bits per heavy atom.